The third-order valence-electron chi connectivity index (χ3n) is 12.2. The van der Waals surface area contributed by atoms with Crippen LogP contribution in [-0.2, 0) is 89.5 Å². The van der Waals surface area contributed by atoms with Crippen molar-refractivity contribution in [3.8, 4) is 0 Å². The number of halogens is 4. The van der Waals surface area contributed by atoms with E-state index < -0.39 is 38.9 Å². The maximum atomic E-state index is 9.75. The van der Waals surface area contributed by atoms with Crippen LogP contribution in [0, 0.1) is 7.43 Å². The van der Waals surface area contributed by atoms with Crippen LogP contribution < -0.4 is 63.7 Å². The van der Waals surface area contributed by atoms with Gasteiger partial charge in [0.15, 0.2) is 0 Å². The molecule has 2 radical (unpaired) electrons. The van der Waals surface area contributed by atoms with Gasteiger partial charge in [0.05, 0.1) is 0 Å². The molecule has 0 fully saturated rings. The average Bonchev–Trinajstić information content (AvgIpc) is 3.73. The van der Waals surface area contributed by atoms with Gasteiger partial charge in [0, 0.05) is 44.8 Å². The van der Waals surface area contributed by atoms with Gasteiger partial charge in [0.1, 0.15) is 0 Å². The van der Waals surface area contributed by atoms with Gasteiger partial charge in [0.25, 0.3) is 0 Å². The van der Waals surface area contributed by atoms with Crippen LogP contribution in [0.2, 0.25) is 0 Å². The molecule has 0 aliphatic heterocycles. The Morgan fingerprint density at radius 1 is 0.163 bits per heavy atom. The van der Waals surface area contributed by atoms with E-state index in [4.69, 9.17) is 0 Å². The first kappa shape index (κ1) is 75.4. The SMILES string of the molecule is F[B-](F)(F)F.[Au+].[Au+].[Au].[Au].[CH3-].c1ccc(P(c2ccccc2)c2ccccc2)cc1.c1ccc(P(c2ccccc2)c2ccccc2)cc1.c1ccc(P(c2ccccc2)c2ccccc2)cc1.c1ccc(P(c2ccccc2)c2ccccc2)cc1. The summed E-state index contributed by atoms with van der Waals surface area (Å²) >= 11 is 0. The molecule has 12 aromatic carbocycles. The Morgan fingerprint density at radius 2 is 0.221 bits per heavy atom. The second-order valence-electron chi connectivity index (χ2n) is 17.9. The summed E-state index contributed by atoms with van der Waals surface area (Å²) < 4.78 is 39.0. The van der Waals surface area contributed by atoms with Gasteiger partial charge >= 0.3 is 52.0 Å². The van der Waals surface area contributed by atoms with Crippen molar-refractivity contribution in [2.45, 2.75) is 0 Å². The monoisotopic (exact) mass is 1940 g/mol. The van der Waals surface area contributed by atoms with Crippen LogP contribution in [0.3, 0.4) is 0 Å². The zero-order chi connectivity index (χ0) is 56.2. The Hall–Kier alpha value is -4.89. The molecule has 0 saturated carbocycles. The molecule has 0 spiro atoms. The quantitative estimate of drug-likeness (QED) is 0.0495. The van der Waals surface area contributed by atoms with Crippen LogP contribution in [0.15, 0.2) is 364 Å². The second-order valence-corrected chi connectivity index (χ2v) is 26.7. The van der Waals surface area contributed by atoms with Gasteiger partial charge in [-0.2, -0.15) is 0 Å². The van der Waals surface area contributed by atoms with E-state index in [1.807, 2.05) is 0 Å². The van der Waals surface area contributed by atoms with E-state index >= 15 is 0 Å². The average molecular weight is 1940 g/mol. The fraction of sp³-hybridized carbons (Fsp3) is 0. The normalized spacial score (nSPS) is 10.0. The minimum absolute atomic E-state index is 0. The predicted molar refractivity (Wildman–Crippen MR) is 357 cm³/mol. The van der Waals surface area contributed by atoms with E-state index in [0.29, 0.717) is 0 Å². The summed E-state index contributed by atoms with van der Waals surface area (Å²) in [6.07, 6.45) is 0. The molecule has 12 rings (SSSR count). The van der Waals surface area contributed by atoms with Gasteiger partial charge in [-0.25, -0.2) is 0 Å². The summed E-state index contributed by atoms with van der Waals surface area (Å²) in [6.45, 7) is 0. The Balaban J connectivity index is 0.000000287. The van der Waals surface area contributed by atoms with Gasteiger partial charge in [-0.1, -0.05) is 364 Å². The zero-order valence-corrected chi connectivity index (χ0v) is 59.0. The summed E-state index contributed by atoms with van der Waals surface area (Å²) in [4.78, 5) is 0. The Labute approximate surface area is 575 Å². The van der Waals surface area contributed by atoms with Crippen LogP contribution in [-0.4, -0.2) is 7.25 Å². The van der Waals surface area contributed by atoms with Crippen molar-refractivity contribution in [3.63, 3.8) is 0 Å². The molecular formula is C73H63Au4BF4P4. The van der Waals surface area contributed by atoms with Gasteiger partial charge in [-0.3, -0.25) is 0 Å². The topological polar surface area (TPSA) is 0 Å². The van der Waals surface area contributed by atoms with Crippen molar-refractivity contribution < 1.29 is 107 Å². The fourth-order valence-corrected chi connectivity index (χ4v) is 17.9. The van der Waals surface area contributed by atoms with E-state index in [9.17, 15) is 17.3 Å². The molecule has 0 aliphatic rings. The third kappa shape index (κ3) is 24.9. The fourth-order valence-electron chi connectivity index (χ4n) is 8.71. The molecule has 0 atom stereocenters. The molecule has 0 unspecified atom stereocenters. The first-order valence-corrected chi connectivity index (χ1v) is 31.9. The van der Waals surface area contributed by atoms with Crippen molar-refractivity contribution in [1.82, 2.24) is 0 Å². The summed E-state index contributed by atoms with van der Waals surface area (Å²) in [7, 11) is -7.78. The summed E-state index contributed by atoms with van der Waals surface area (Å²) in [5.74, 6) is 0. The molecule has 0 bridgehead atoms. The van der Waals surface area contributed by atoms with Crippen molar-refractivity contribution in [3.05, 3.63) is 371 Å². The van der Waals surface area contributed by atoms with Crippen molar-refractivity contribution in [2.75, 3.05) is 0 Å². The third-order valence-corrected chi connectivity index (χ3v) is 21.9. The smallest absolute Gasteiger partial charge is 0.418 e. The van der Waals surface area contributed by atoms with Gasteiger partial charge in [0.2, 0.25) is 0 Å². The Morgan fingerprint density at radius 3 is 0.279 bits per heavy atom. The van der Waals surface area contributed by atoms with E-state index in [0.717, 1.165) is 0 Å². The van der Waals surface area contributed by atoms with Crippen molar-refractivity contribution >= 4 is 103 Å². The molecule has 0 heterocycles. The maximum Gasteiger partial charge on any atom is 1.00 e. The van der Waals surface area contributed by atoms with E-state index in [1.54, 1.807) is 0 Å². The summed E-state index contributed by atoms with van der Waals surface area (Å²) in [5, 5.41) is 16.8. The predicted octanol–water partition coefficient (Wildman–Crippen LogP) is 15.5. The molecule has 13 heteroatoms. The number of rotatable bonds is 12. The standard InChI is InChI=1S/4C18H15P.CH3.4Au.BF4/c4*1-4-10-16(11-5-1)19(17-12-6-2-7-13-17)18-14-8-3-9-15-18;;;;;;2-1(3,4)5/h4*1-15H;1H3;;;;;/q;;;;-1;;;2*+1;-1. The molecule has 0 nitrogen and oxygen atoms in total. The van der Waals surface area contributed by atoms with Crippen molar-refractivity contribution in [2.24, 2.45) is 0 Å². The molecule has 12 aromatic rings. The van der Waals surface area contributed by atoms with Crippen LogP contribution in [0.1, 0.15) is 0 Å². The van der Waals surface area contributed by atoms with Gasteiger partial charge in [-0.15, -0.1) is 0 Å². The largest absolute Gasteiger partial charge is 1.00 e. The molecule has 0 aliphatic carbocycles. The number of hydrogen-bond donors (Lipinski definition) is 0. The minimum Gasteiger partial charge on any atom is -0.418 e. The van der Waals surface area contributed by atoms with E-state index in [1.165, 1.54) is 63.7 Å². The van der Waals surface area contributed by atoms with Gasteiger partial charge in [-0.05, 0) is 95.3 Å². The van der Waals surface area contributed by atoms with Crippen LogP contribution in [0.4, 0.5) is 17.3 Å². The van der Waals surface area contributed by atoms with E-state index in [2.05, 4.69) is 364 Å². The van der Waals surface area contributed by atoms with E-state index in [-0.39, 0.29) is 96.9 Å². The maximum absolute atomic E-state index is 9.75. The molecule has 0 N–H and O–H groups in total. The molecule has 0 aromatic heterocycles. The Kier molecular flexibility index (Phi) is 36.9. The number of benzene rings is 12. The zero-order valence-electron chi connectivity index (χ0n) is 46.7. The van der Waals surface area contributed by atoms with Crippen LogP contribution >= 0.6 is 31.7 Å². The summed E-state index contributed by atoms with van der Waals surface area (Å²) in [5.41, 5.74) is 0. The minimum atomic E-state index is -6.00. The molecule has 86 heavy (non-hydrogen) atoms. The van der Waals surface area contributed by atoms with Gasteiger partial charge < -0.3 is 24.7 Å². The molecular weight excluding hydrogens is 1880 g/mol. The van der Waals surface area contributed by atoms with Crippen LogP contribution in [0.25, 0.3) is 0 Å². The number of hydrogen-bond acceptors (Lipinski definition) is 0. The first-order valence-electron chi connectivity index (χ1n) is 26.5. The summed E-state index contributed by atoms with van der Waals surface area (Å²) in [6, 6.07) is 129. The molecule has 0 saturated heterocycles. The van der Waals surface area contributed by atoms with Crippen molar-refractivity contribution in [1.29, 1.82) is 0 Å². The second kappa shape index (κ2) is 42.1. The Bertz CT molecular complexity index is 2720. The molecule has 0 amide bonds. The molecule has 450 valence electrons. The first-order chi connectivity index (χ1) is 39.8. The van der Waals surface area contributed by atoms with Crippen LogP contribution in [0.5, 0.6) is 0 Å².